The third-order valence-corrected chi connectivity index (χ3v) is 4.33. The van der Waals surface area contributed by atoms with Crippen LogP contribution in [0, 0.1) is 6.92 Å². The van der Waals surface area contributed by atoms with E-state index in [1.54, 1.807) is 26.0 Å². The number of rotatable bonds is 6. The number of benzene rings is 1. The first-order chi connectivity index (χ1) is 9.26. The number of hydrogen-bond acceptors (Lipinski definition) is 4. The topological polar surface area (TPSA) is 84.5 Å². The highest BCUT2D eigenvalue weighted by Gasteiger charge is 2.18. The third kappa shape index (κ3) is 4.59. The Morgan fingerprint density at radius 3 is 2.60 bits per heavy atom. The van der Waals surface area contributed by atoms with Crippen LogP contribution < -0.4 is 10.0 Å². The molecule has 0 fully saturated rings. The SMILES string of the molecule is COC(C)CNS(=O)(=O)c1cc(NC(C)=O)ccc1C. The molecule has 1 atom stereocenters. The van der Waals surface area contributed by atoms with Gasteiger partial charge in [0.05, 0.1) is 11.0 Å². The summed E-state index contributed by atoms with van der Waals surface area (Å²) >= 11 is 0. The number of nitrogens with one attached hydrogen (secondary N) is 2. The smallest absolute Gasteiger partial charge is 0.240 e. The Balaban J connectivity index is 3.01. The fourth-order valence-electron chi connectivity index (χ4n) is 1.56. The molecule has 0 saturated carbocycles. The molecule has 0 aromatic heterocycles. The maximum Gasteiger partial charge on any atom is 0.240 e. The zero-order valence-corrected chi connectivity index (χ0v) is 12.9. The molecule has 112 valence electrons. The minimum atomic E-state index is -3.64. The number of methoxy groups -OCH3 is 1. The molecule has 0 saturated heterocycles. The van der Waals surface area contributed by atoms with E-state index in [4.69, 9.17) is 4.74 Å². The molecular formula is C13H20N2O4S. The normalized spacial score (nSPS) is 13.0. The van der Waals surface area contributed by atoms with Gasteiger partial charge in [-0.3, -0.25) is 4.79 Å². The van der Waals surface area contributed by atoms with Gasteiger partial charge in [0.25, 0.3) is 0 Å². The number of carbonyl (C=O) groups is 1. The van der Waals surface area contributed by atoms with Crippen LogP contribution in [0.2, 0.25) is 0 Å². The van der Waals surface area contributed by atoms with Crippen molar-refractivity contribution in [2.45, 2.75) is 31.8 Å². The van der Waals surface area contributed by atoms with Gasteiger partial charge in [-0.25, -0.2) is 13.1 Å². The lowest BCUT2D eigenvalue weighted by Gasteiger charge is -2.14. The van der Waals surface area contributed by atoms with Crippen molar-refractivity contribution in [2.24, 2.45) is 0 Å². The van der Waals surface area contributed by atoms with Gasteiger partial charge in [-0.05, 0) is 31.5 Å². The summed E-state index contributed by atoms with van der Waals surface area (Å²) in [6, 6.07) is 4.75. The quantitative estimate of drug-likeness (QED) is 0.828. The largest absolute Gasteiger partial charge is 0.380 e. The van der Waals surface area contributed by atoms with Crippen LogP contribution in [0.25, 0.3) is 0 Å². The Morgan fingerprint density at radius 2 is 2.05 bits per heavy atom. The Kier molecular flexibility index (Phi) is 5.67. The molecule has 7 heteroatoms. The first-order valence-corrected chi connectivity index (χ1v) is 7.65. The van der Waals surface area contributed by atoms with E-state index in [9.17, 15) is 13.2 Å². The van der Waals surface area contributed by atoms with Gasteiger partial charge in [-0.15, -0.1) is 0 Å². The van der Waals surface area contributed by atoms with Gasteiger partial charge in [0.1, 0.15) is 0 Å². The first-order valence-electron chi connectivity index (χ1n) is 6.17. The molecule has 0 aliphatic carbocycles. The summed E-state index contributed by atoms with van der Waals surface area (Å²) in [7, 11) is -2.12. The van der Waals surface area contributed by atoms with E-state index in [2.05, 4.69) is 10.0 Å². The van der Waals surface area contributed by atoms with E-state index in [1.807, 2.05) is 0 Å². The van der Waals surface area contributed by atoms with Crippen LogP contribution in [0.4, 0.5) is 5.69 Å². The highest BCUT2D eigenvalue weighted by Crippen LogP contribution is 2.20. The summed E-state index contributed by atoms with van der Waals surface area (Å²) in [4.78, 5) is 11.2. The molecule has 1 aromatic rings. The number of aryl methyl sites for hydroxylation is 1. The first kappa shape index (κ1) is 16.6. The van der Waals surface area contributed by atoms with Crippen molar-refractivity contribution in [1.29, 1.82) is 0 Å². The summed E-state index contributed by atoms with van der Waals surface area (Å²) in [5, 5.41) is 2.56. The number of carbonyl (C=O) groups excluding carboxylic acids is 1. The number of anilines is 1. The second kappa shape index (κ2) is 6.83. The van der Waals surface area contributed by atoms with Gasteiger partial charge < -0.3 is 10.1 Å². The van der Waals surface area contributed by atoms with Gasteiger partial charge in [0.15, 0.2) is 0 Å². The monoisotopic (exact) mass is 300 g/mol. The molecular weight excluding hydrogens is 280 g/mol. The van der Waals surface area contributed by atoms with Crippen LogP contribution in [0.3, 0.4) is 0 Å². The van der Waals surface area contributed by atoms with E-state index < -0.39 is 10.0 Å². The van der Waals surface area contributed by atoms with Crippen molar-refractivity contribution in [3.63, 3.8) is 0 Å². The lowest BCUT2D eigenvalue weighted by Crippen LogP contribution is -2.32. The molecule has 2 N–H and O–H groups in total. The molecule has 0 aliphatic heterocycles. The third-order valence-electron chi connectivity index (χ3n) is 2.76. The number of ether oxygens (including phenoxy) is 1. The molecule has 1 rings (SSSR count). The Labute approximate surface area is 119 Å². The van der Waals surface area contributed by atoms with E-state index in [0.717, 1.165) is 0 Å². The summed E-state index contributed by atoms with van der Waals surface area (Å²) in [5.74, 6) is -0.252. The van der Waals surface area contributed by atoms with E-state index in [-0.39, 0.29) is 23.5 Å². The van der Waals surface area contributed by atoms with Crippen LogP contribution in [0.1, 0.15) is 19.4 Å². The van der Waals surface area contributed by atoms with Gasteiger partial charge in [-0.1, -0.05) is 6.07 Å². The average Bonchev–Trinajstić information content (AvgIpc) is 2.37. The lowest BCUT2D eigenvalue weighted by molar-refractivity contribution is -0.114. The molecule has 20 heavy (non-hydrogen) atoms. The predicted octanol–water partition coefficient (Wildman–Crippen LogP) is 1.27. The van der Waals surface area contributed by atoms with Crippen LogP contribution in [-0.2, 0) is 19.6 Å². The molecule has 6 nitrogen and oxygen atoms in total. The molecule has 1 unspecified atom stereocenters. The van der Waals surface area contributed by atoms with Gasteiger partial charge in [0, 0.05) is 26.3 Å². The minimum absolute atomic E-state index is 0.145. The highest BCUT2D eigenvalue weighted by molar-refractivity contribution is 7.89. The van der Waals surface area contributed by atoms with E-state index in [0.29, 0.717) is 11.3 Å². The zero-order valence-electron chi connectivity index (χ0n) is 12.1. The fraction of sp³-hybridized carbons (Fsp3) is 0.462. The lowest BCUT2D eigenvalue weighted by atomic mass is 10.2. The van der Waals surface area contributed by atoms with Crippen LogP contribution in [0.15, 0.2) is 23.1 Å². The second-order valence-corrected chi connectivity index (χ2v) is 6.30. The van der Waals surface area contributed by atoms with Crippen LogP contribution in [-0.4, -0.2) is 34.1 Å². The molecule has 0 aliphatic rings. The summed E-state index contributed by atoms with van der Waals surface area (Å²) < 4.78 is 31.9. The number of sulfonamides is 1. The molecule has 0 spiro atoms. The van der Waals surface area contributed by atoms with Gasteiger partial charge >= 0.3 is 0 Å². The van der Waals surface area contributed by atoms with Gasteiger partial charge in [-0.2, -0.15) is 0 Å². The maximum absolute atomic E-state index is 12.2. The number of amides is 1. The second-order valence-electron chi connectivity index (χ2n) is 4.56. The van der Waals surface area contributed by atoms with Crippen molar-refractivity contribution < 1.29 is 17.9 Å². The highest BCUT2D eigenvalue weighted by atomic mass is 32.2. The standard InChI is InChI=1S/C13H20N2O4S/c1-9-5-6-12(15-11(3)16)7-13(9)20(17,18)14-8-10(2)19-4/h5-7,10,14H,8H2,1-4H3,(H,15,16). The van der Waals surface area contributed by atoms with Crippen LogP contribution in [0.5, 0.6) is 0 Å². The van der Waals surface area contributed by atoms with Crippen molar-refractivity contribution >= 4 is 21.6 Å². The molecule has 0 radical (unpaired) electrons. The average molecular weight is 300 g/mol. The predicted molar refractivity (Wildman–Crippen MR) is 77.1 cm³/mol. The maximum atomic E-state index is 12.2. The van der Waals surface area contributed by atoms with E-state index >= 15 is 0 Å². The fourth-order valence-corrected chi connectivity index (χ4v) is 2.94. The summed E-state index contributed by atoms with van der Waals surface area (Å²) in [6.07, 6.45) is -0.219. The molecule has 0 heterocycles. The Morgan fingerprint density at radius 1 is 1.40 bits per heavy atom. The van der Waals surface area contributed by atoms with Crippen LogP contribution >= 0.6 is 0 Å². The molecule has 1 aromatic carbocycles. The Bertz CT molecular complexity index is 584. The van der Waals surface area contributed by atoms with Crippen molar-refractivity contribution in [3.8, 4) is 0 Å². The Hall–Kier alpha value is -1.44. The van der Waals surface area contributed by atoms with Gasteiger partial charge in [0.2, 0.25) is 15.9 Å². The zero-order chi connectivity index (χ0) is 15.3. The van der Waals surface area contributed by atoms with Crippen molar-refractivity contribution in [3.05, 3.63) is 23.8 Å². The summed E-state index contributed by atoms with van der Waals surface area (Å²) in [6.45, 7) is 5.02. The molecule has 1 amide bonds. The number of hydrogen-bond donors (Lipinski definition) is 2. The molecule has 0 bridgehead atoms. The minimum Gasteiger partial charge on any atom is -0.380 e. The van der Waals surface area contributed by atoms with Crippen molar-refractivity contribution in [1.82, 2.24) is 4.72 Å². The van der Waals surface area contributed by atoms with E-state index in [1.165, 1.54) is 20.1 Å². The summed E-state index contributed by atoms with van der Waals surface area (Å²) in [5.41, 5.74) is 1.06. The van der Waals surface area contributed by atoms with Crippen molar-refractivity contribution in [2.75, 3.05) is 19.0 Å².